The van der Waals surface area contributed by atoms with E-state index in [9.17, 15) is 0 Å². The molecule has 0 saturated heterocycles. The molecule has 0 aromatic rings. The topological polar surface area (TPSA) is 0 Å². The van der Waals surface area contributed by atoms with Crippen molar-refractivity contribution in [3.05, 3.63) is 0 Å². The van der Waals surface area contributed by atoms with Crippen LogP contribution in [0.5, 0.6) is 0 Å². The van der Waals surface area contributed by atoms with Gasteiger partial charge in [0.15, 0.2) is 0 Å². The van der Waals surface area contributed by atoms with Gasteiger partial charge in [-0.25, -0.2) is 0 Å². The summed E-state index contributed by atoms with van der Waals surface area (Å²) in [5.74, 6) is 0. The first-order valence-corrected chi connectivity index (χ1v) is 0. The van der Waals surface area contributed by atoms with Crippen LogP contribution in [0.15, 0.2) is 0 Å². The summed E-state index contributed by atoms with van der Waals surface area (Å²) in [6.45, 7) is 0. The predicted octanol–water partition coefficient (Wildman–Crippen LogP) is -0.0300. The van der Waals surface area contributed by atoms with Crippen LogP contribution in [0.25, 0.3) is 0 Å². The van der Waals surface area contributed by atoms with Crippen molar-refractivity contribution in [3.8, 4) is 0 Å². The van der Waals surface area contributed by atoms with Crippen molar-refractivity contribution in [3.63, 3.8) is 0 Å². The molecular formula is V12. The Morgan fingerprint density at radius 3 is 0.0833 bits per heavy atom. The number of hydrogen-bond donors (Lipinski definition) is 0. The summed E-state index contributed by atoms with van der Waals surface area (Å²) < 4.78 is 0. The van der Waals surface area contributed by atoms with Crippen molar-refractivity contribution < 1.29 is 223 Å². The summed E-state index contributed by atoms with van der Waals surface area (Å²) in [7, 11) is 0. The Balaban J connectivity index is 0. The second-order valence-corrected chi connectivity index (χ2v) is 0. The number of rotatable bonds is 0. The van der Waals surface area contributed by atoms with Crippen LogP contribution in [0.4, 0.5) is 0 Å². The monoisotopic (exact) mass is 611 g/mol. The van der Waals surface area contributed by atoms with Crippen LogP contribution in [0, 0.1) is 0 Å². The standard InChI is InChI=1S/12V. The van der Waals surface area contributed by atoms with E-state index < -0.39 is 0 Å². The molecule has 0 aliphatic heterocycles. The van der Waals surface area contributed by atoms with Gasteiger partial charge < -0.3 is 0 Å². The van der Waals surface area contributed by atoms with Gasteiger partial charge in [0.05, 0.1) is 0 Å². The minimum absolute atomic E-state index is 0. The van der Waals surface area contributed by atoms with E-state index in [4.69, 9.17) is 0 Å². The van der Waals surface area contributed by atoms with E-state index in [1.165, 1.54) is 0 Å². The average Bonchev–Trinajstić information content (AvgIpc) is 0. The van der Waals surface area contributed by atoms with Gasteiger partial charge in [-0.1, -0.05) is 0 Å². The molecule has 0 aromatic heterocycles. The largest absolute Gasteiger partial charge is 0 e. The van der Waals surface area contributed by atoms with Crippen LogP contribution in [-0.4, -0.2) is 0 Å². The van der Waals surface area contributed by atoms with Crippen LogP contribution in [0.2, 0.25) is 0 Å². The molecule has 0 nitrogen and oxygen atoms in total. The van der Waals surface area contributed by atoms with Crippen molar-refractivity contribution in [1.29, 1.82) is 0 Å². The van der Waals surface area contributed by atoms with Gasteiger partial charge in [-0.05, 0) is 0 Å². The quantitative estimate of drug-likeness (QED) is 0.362. The van der Waals surface area contributed by atoms with Crippen molar-refractivity contribution in [2.24, 2.45) is 0 Å². The van der Waals surface area contributed by atoms with Gasteiger partial charge in [-0.3, -0.25) is 0 Å². The van der Waals surface area contributed by atoms with Gasteiger partial charge >= 0.3 is 0 Å². The smallest absolute Gasteiger partial charge is 0 e. The maximum atomic E-state index is 0. The fourth-order valence-electron chi connectivity index (χ4n) is 0. The molecule has 0 rings (SSSR count). The van der Waals surface area contributed by atoms with Crippen LogP contribution in [-0.2, 0) is 223 Å². The summed E-state index contributed by atoms with van der Waals surface area (Å²) in [6.07, 6.45) is 0. The number of hydrogen-bond acceptors (Lipinski definition) is 0. The van der Waals surface area contributed by atoms with Gasteiger partial charge in [0.2, 0.25) is 0 Å². The van der Waals surface area contributed by atoms with Crippen LogP contribution in [0.3, 0.4) is 0 Å². The molecule has 0 amide bonds. The van der Waals surface area contributed by atoms with Crippen molar-refractivity contribution in [2.45, 2.75) is 0 Å². The summed E-state index contributed by atoms with van der Waals surface area (Å²) in [5.41, 5.74) is 0. The molecule has 0 bridgehead atoms. The third-order valence-electron chi connectivity index (χ3n) is 0. The van der Waals surface area contributed by atoms with Crippen LogP contribution < -0.4 is 0 Å². The zero-order valence-electron chi connectivity index (χ0n) is 5.37. The maximum absolute atomic E-state index is 0. The van der Waals surface area contributed by atoms with Crippen LogP contribution >= 0.6 is 0 Å². The van der Waals surface area contributed by atoms with E-state index in [2.05, 4.69) is 0 Å². The molecule has 0 fully saturated rings. The molecule has 60 valence electrons. The third kappa shape index (κ3) is 88.7. The SMILES string of the molecule is [V].[V].[V].[V].[V].[V].[V].[V].[V].[V].[V].[V]. The first-order valence-electron chi connectivity index (χ1n) is 0. The van der Waals surface area contributed by atoms with E-state index in [-0.39, 0.29) is 223 Å². The van der Waals surface area contributed by atoms with Gasteiger partial charge in [0.25, 0.3) is 0 Å². The first-order chi connectivity index (χ1) is 0. The summed E-state index contributed by atoms with van der Waals surface area (Å²) in [6, 6.07) is 0. The van der Waals surface area contributed by atoms with E-state index in [1.807, 2.05) is 0 Å². The average molecular weight is 611 g/mol. The fraction of sp³-hybridized carbons (Fsp3) is 0. The molecule has 12 heavy (non-hydrogen) atoms. The minimum atomic E-state index is 0. The van der Waals surface area contributed by atoms with E-state index in [1.54, 1.807) is 0 Å². The second-order valence-electron chi connectivity index (χ2n) is 0. The minimum Gasteiger partial charge on any atom is 0 e. The molecule has 12 heteroatoms. The molecule has 0 N–H and O–H groups in total. The van der Waals surface area contributed by atoms with Crippen molar-refractivity contribution in [1.82, 2.24) is 0 Å². The van der Waals surface area contributed by atoms with E-state index in [0.29, 0.717) is 0 Å². The second kappa shape index (κ2) is 106. The normalized spacial score (nSPS) is 0. The van der Waals surface area contributed by atoms with Crippen molar-refractivity contribution >= 4 is 0 Å². The van der Waals surface area contributed by atoms with Gasteiger partial charge in [0, 0.05) is 223 Å². The predicted molar refractivity (Wildman–Crippen MR) is 0 cm³/mol. The van der Waals surface area contributed by atoms with Crippen LogP contribution in [0.1, 0.15) is 0 Å². The van der Waals surface area contributed by atoms with Gasteiger partial charge in [-0.2, -0.15) is 0 Å². The Hall–Kier alpha value is 7.01. The molecule has 0 aliphatic rings. The third-order valence-corrected chi connectivity index (χ3v) is 0. The Bertz CT molecular complexity index is 0. The first kappa shape index (κ1) is 125. The summed E-state index contributed by atoms with van der Waals surface area (Å²) in [4.78, 5) is 0. The zero-order valence-corrected chi connectivity index (χ0v) is 22.1. The summed E-state index contributed by atoms with van der Waals surface area (Å²) >= 11 is 0. The Morgan fingerprint density at radius 2 is 0.0833 bits per heavy atom. The molecule has 0 unspecified atom stereocenters. The molecule has 0 saturated carbocycles. The zero-order chi connectivity index (χ0) is 0. The van der Waals surface area contributed by atoms with Crippen molar-refractivity contribution in [2.75, 3.05) is 0 Å². The molecule has 0 spiro atoms. The molecule has 0 atom stereocenters. The molecule has 0 aliphatic carbocycles. The Labute approximate surface area is 217 Å². The molecular weight excluding hydrogens is 611 g/mol. The Morgan fingerprint density at radius 1 is 0.0833 bits per heavy atom. The fourth-order valence-corrected chi connectivity index (χ4v) is 0. The summed E-state index contributed by atoms with van der Waals surface area (Å²) in [5, 5.41) is 0. The van der Waals surface area contributed by atoms with E-state index >= 15 is 0 Å². The van der Waals surface area contributed by atoms with E-state index in [0.717, 1.165) is 0 Å². The molecule has 12 radical (unpaired) electrons. The van der Waals surface area contributed by atoms with Gasteiger partial charge in [-0.15, -0.1) is 0 Å². The molecule has 0 aromatic carbocycles. The van der Waals surface area contributed by atoms with Gasteiger partial charge in [0.1, 0.15) is 0 Å². The Kier molecular flexibility index (Phi) is 1110. The maximum Gasteiger partial charge on any atom is 0 e. The molecule has 0 heterocycles.